The molecule has 2 aromatic carbocycles. The monoisotopic (exact) mass is 261 g/mol. The quantitative estimate of drug-likeness (QED) is 0.883. The summed E-state index contributed by atoms with van der Waals surface area (Å²) in [4.78, 5) is 0. The standard InChI is InChI=1S/C16H17F2N/c1-11-6-7-14(15(18)8-11)16(19-2)10-12-4-3-5-13(17)9-12/h3-9,16,19H,10H2,1-2H3. The Morgan fingerprint density at radius 2 is 1.89 bits per heavy atom. The fourth-order valence-electron chi connectivity index (χ4n) is 2.18. The van der Waals surface area contributed by atoms with E-state index in [0.29, 0.717) is 12.0 Å². The fraction of sp³-hybridized carbons (Fsp3) is 0.250. The van der Waals surface area contributed by atoms with Gasteiger partial charge in [0.25, 0.3) is 0 Å². The van der Waals surface area contributed by atoms with Crippen molar-refractivity contribution in [2.75, 3.05) is 7.05 Å². The Hall–Kier alpha value is -1.74. The van der Waals surface area contributed by atoms with Crippen LogP contribution in [0.2, 0.25) is 0 Å². The summed E-state index contributed by atoms with van der Waals surface area (Å²) in [6.45, 7) is 1.85. The van der Waals surface area contributed by atoms with Gasteiger partial charge in [-0.1, -0.05) is 24.3 Å². The zero-order valence-electron chi connectivity index (χ0n) is 11.1. The second-order valence-corrected chi connectivity index (χ2v) is 4.70. The maximum absolute atomic E-state index is 14.0. The van der Waals surface area contributed by atoms with Crippen molar-refractivity contribution in [3.05, 3.63) is 70.8 Å². The number of likely N-dealkylation sites (N-methyl/N-ethyl adjacent to an activating group) is 1. The lowest BCUT2D eigenvalue weighted by molar-refractivity contribution is 0.532. The molecule has 0 amide bonds. The molecule has 0 radical (unpaired) electrons. The van der Waals surface area contributed by atoms with E-state index in [1.165, 1.54) is 18.2 Å². The first-order valence-electron chi connectivity index (χ1n) is 6.28. The molecule has 0 aliphatic rings. The second kappa shape index (κ2) is 5.93. The Kier molecular flexibility index (Phi) is 4.27. The van der Waals surface area contributed by atoms with E-state index in [1.54, 1.807) is 19.2 Å². The van der Waals surface area contributed by atoms with E-state index in [1.807, 2.05) is 19.1 Å². The molecule has 0 fully saturated rings. The van der Waals surface area contributed by atoms with E-state index >= 15 is 0 Å². The third-order valence-electron chi connectivity index (χ3n) is 3.21. The van der Waals surface area contributed by atoms with Gasteiger partial charge < -0.3 is 5.32 Å². The molecule has 2 aromatic rings. The number of nitrogens with one attached hydrogen (secondary N) is 1. The number of hydrogen-bond donors (Lipinski definition) is 1. The van der Waals surface area contributed by atoms with Crippen LogP contribution in [0.15, 0.2) is 42.5 Å². The molecule has 0 spiro atoms. The summed E-state index contributed by atoms with van der Waals surface area (Å²) < 4.78 is 27.1. The number of hydrogen-bond acceptors (Lipinski definition) is 1. The van der Waals surface area contributed by atoms with Gasteiger partial charge in [0.2, 0.25) is 0 Å². The van der Waals surface area contributed by atoms with Crippen LogP contribution in [-0.2, 0) is 6.42 Å². The molecule has 0 heterocycles. The van der Waals surface area contributed by atoms with Crippen molar-refractivity contribution < 1.29 is 8.78 Å². The minimum atomic E-state index is -0.267. The molecule has 1 N–H and O–H groups in total. The number of rotatable bonds is 4. The van der Waals surface area contributed by atoms with Gasteiger partial charge in [-0.3, -0.25) is 0 Å². The van der Waals surface area contributed by atoms with Crippen molar-refractivity contribution >= 4 is 0 Å². The smallest absolute Gasteiger partial charge is 0.128 e. The highest BCUT2D eigenvalue weighted by atomic mass is 19.1. The molecule has 1 nitrogen and oxygen atoms in total. The summed E-state index contributed by atoms with van der Waals surface area (Å²) in [6, 6.07) is 11.4. The lowest BCUT2D eigenvalue weighted by Gasteiger charge is -2.18. The van der Waals surface area contributed by atoms with Crippen LogP contribution in [0.1, 0.15) is 22.7 Å². The summed E-state index contributed by atoms with van der Waals surface area (Å²) in [7, 11) is 1.78. The average molecular weight is 261 g/mol. The Bertz CT molecular complexity index is 566. The van der Waals surface area contributed by atoms with Crippen molar-refractivity contribution in [3.8, 4) is 0 Å². The molecule has 2 rings (SSSR count). The van der Waals surface area contributed by atoms with Gasteiger partial charge in [-0.15, -0.1) is 0 Å². The normalized spacial score (nSPS) is 12.4. The lowest BCUT2D eigenvalue weighted by atomic mass is 9.97. The average Bonchev–Trinajstić information content (AvgIpc) is 2.37. The highest BCUT2D eigenvalue weighted by Gasteiger charge is 2.14. The third kappa shape index (κ3) is 3.38. The van der Waals surface area contributed by atoms with Crippen molar-refractivity contribution in [1.82, 2.24) is 5.32 Å². The van der Waals surface area contributed by atoms with Crippen molar-refractivity contribution in [2.45, 2.75) is 19.4 Å². The summed E-state index contributed by atoms with van der Waals surface area (Å²) in [5.74, 6) is -0.493. The minimum Gasteiger partial charge on any atom is -0.313 e. The first kappa shape index (κ1) is 13.7. The van der Waals surface area contributed by atoms with Crippen LogP contribution < -0.4 is 5.32 Å². The Balaban J connectivity index is 2.25. The second-order valence-electron chi connectivity index (χ2n) is 4.70. The van der Waals surface area contributed by atoms with Crippen LogP contribution in [0.25, 0.3) is 0 Å². The maximum Gasteiger partial charge on any atom is 0.128 e. The summed E-state index contributed by atoms with van der Waals surface area (Å²) in [5, 5.41) is 3.08. The van der Waals surface area contributed by atoms with Gasteiger partial charge in [0, 0.05) is 11.6 Å². The van der Waals surface area contributed by atoms with Crippen molar-refractivity contribution in [1.29, 1.82) is 0 Å². The Morgan fingerprint density at radius 3 is 2.53 bits per heavy atom. The van der Waals surface area contributed by atoms with Crippen LogP contribution in [0.3, 0.4) is 0 Å². The maximum atomic E-state index is 14.0. The zero-order chi connectivity index (χ0) is 13.8. The molecule has 1 atom stereocenters. The van der Waals surface area contributed by atoms with Gasteiger partial charge in [0.1, 0.15) is 11.6 Å². The molecular weight excluding hydrogens is 244 g/mol. The van der Waals surface area contributed by atoms with Gasteiger partial charge >= 0.3 is 0 Å². The van der Waals surface area contributed by atoms with Gasteiger partial charge in [0.05, 0.1) is 0 Å². The van der Waals surface area contributed by atoms with E-state index < -0.39 is 0 Å². The van der Waals surface area contributed by atoms with E-state index in [-0.39, 0.29) is 17.7 Å². The summed E-state index contributed by atoms with van der Waals surface area (Å²) >= 11 is 0. The number of aryl methyl sites for hydroxylation is 1. The minimum absolute atomic E-state index is 0.164. The van der Waals surface area contributed by atoms with Crippen LogP contribution in [0.4, 0.5) is 8.78 Å². The predicted octanol–water partition coefficient (Wildman–Crippen LogP) is 3.78. The SMILES string of the molecule is CNC(Cc1cccc(F)c1)c1ccc(C)cc1F. The van der Waals surface area contributed by atoms with Crippen LogP contribution >= 0.6 is 0 Å². The van der Waals surface area contributed by atoms with Crippen LogP contribution in [0, 0.1) is 18.6 Å². The predicted molar refractivity (Wildman–Crippen MR) is 73.0 cm³/mol. The largest absolute Gasteiger partial charge is 0.313 e. The molecule has 0 saturated carbocycles. The summed E-state index contributed by atoms with van der Waals surface area (Å²) in [6.07, 6.45) is 0.550. The van der Waals surface area contributed by atoms with Gasteiger partial charge in [0.15, 0.2) is 0 Å². The molecule has 0 saturated heterocycles. The highest BCUT2D eigenvalue weighted by Crippen LogP contribution is 2.22. The van der Waals surface area contributed by atoms with E-state index in [4.69, 9.17) is 0 Å². The van der Waals surface area contributed by atoms with Gasteiger partial charge in [-0.2, -0.15) is 0 Å². The molecular formula is C16H17F2N. The van der Waals surface area contributed by atoms with Gasteiger partial charge in [-0.05, 0) is 49.7 Å². The van der Waals surface area contributed by atoms with Crippen LogP contribution in [-0.4, -0.2) is 7.05 Å². The molecule has 0 aromatic heterocycles. The first-order chi connectivity index (χ1) is 9.10. The number of benzene rings is 2. The Morgan fingerprint density at radius 1 is 1.11 bits per heavy atom. The lowest BCUT2D eigenvalue weighted by Crippen LogP contribution is -2.20. The molecule has 0 aliphatic carbocycles. The molecule has 100 valence electrons. The molecule has 0 aliphatic heterocycles. The fourth-order valence-corrected chi connectivity index (χ4v) is 2.18. The third-order valence-corrected chi connectivity index (χ3v) is 3.21. The van der Waals surface area contributed by atoms with Gasteiger partial charge in [-0.25, -0.2) is 8.78 Å². The Labute approximate surface area is 112 Å². The van der Waals surface area contributed by atoms with E-state index in [2.05, 4.69) is 5.32 Å². The molecule has 0 bridgehead atoms. The molecule has 3 heteroatoms. The topological polar surface area (TPSA) is 12.0 Å². The number of halogens is 2. The van der Waals surface area contributed by atoms with E-state index in [9.17, 15) is 8.78 Å². The molecule has 19 heavy (non-hydrogen) atoms. The van der Waals surface area contributed by atoms with Crippen molar-refractivity contribution in [2.24, 2.45) is 0 Å². The first-order valence-corrected chi connectivity index (χ1v) is 6.28. The molecule has 1 unspecified atom stereocenters. The zero-order valence-corrected chi connectivity index (χ0v) is 11.1. The van der Waals surface area contributed by atoms with E-state index in [0.717, 1.165) is 11.1 Å². The highest BCUT2D eigenvalue weighted by molar-refractivity contribution is 5.28. The summed E-state index contributed by atoms with van der Waals surface area (Å²) in [5.41, 5.74) is 2.35. The van der Waals surface area contributed by atoms with Crippen molar-refractivity contribution in [3.63, 3.8) is 0 Å². The van der Waals surface area contributed by atoms with Crippen LogP contribution in [0.5, 0.6) is 0 Å².